The smallest absolute Gasteiger partial charge is 0.317 e. The Bertz CT molecular complexity index is 788. The average Bonchev–Trinajstić information content (AvgIpc) is 2.56. The number of hydrogen-bond donors (Lipinski definition) is 1. The molecule has 0 aliphatic heterocycles. The Balaban J connectivity index is 1.62. The lowest BCUT2D eigenvalue weighted by Crippen LogP contribution is -2.44. The number of ether oxygens (including phenoxy) is 1. The van der Waals surface area contributed by atoms with Crippen LogP contribution in [-0.4, -0.2) is 18.5 Å². The first-order valence-corrected chi connectivity index (χ1v) is 9.07. The van der Waals surface area contributed by atoms with Crippen molar-refractivity contribution >= 4 is 40.2 Å². The molecule has 0 saturated heterocycles. The number of benzene rings is 2. The third-order valence-electron chi connectivity index (χ3n) is 4.48. The lowest BCUT2D eigenvalue weighted by Gasteiger charge is -2.39. The normalized spacial score (nSPS) is 15.1. The van der Waals surface area contributed by atoms with E-state index in [1.807, 2.05) is 18.2 Å². The van der Waals surface area contributed by atoms with Crippen LogP contribution >= 0.6 is 22.6 Å². The molecule has 0 radical (unpaired) electrons. The molecule has 0 atom stereocenters. The Morgan fingerprint density at radius 3 is 2.40 bits per heavy atom. The fraction of sp³-hybridized carbons (Fsp3) is 0.263. The summed E-state index contributed by atoms with van der Waals surface area (Å²) in [7, 11) is 0. The van der Waals surface area contributed by atoms with Gasteiger partial charge in [0.15, 0.2) is 6.61 Å². The highest BCUT2D eigenvalue weighted by atomic mass is 127. The van der Waals surface area contributed by atoms with Crippen molar-refractivity contribution in [3.63, 3.8) is 0 Å². The Morgan fingerprint density at radius 1 is 1.12 bits per heavy atom. The number of para-hydroxylation sites is 1. The third-order valence-corrected chi connectivity index (χ3v) is 5.42. The van der Waals surface area contributed by atoms with Gasteiger partial charge in [-0.1, -0.05) is 30.7 Å². The van der Waals surface area contributed by atoms with E-state index in [2.05, 4.69) is 27.9 Å². The number of hydrogen-bond acceptors (Lipinski definition) is 3. The summed E-state index contributed by atoms with van der Waals surface area (Å²) in [5, 5.41) is 2.73. The SMILES string of the molecule is O=C(COC(=O)C1(c2ccc(F)cc2)CCC1)Nc1ccccc1I. The van der Waals surface area contributed by atoms with Crippen LogP contribution in [0.3, 0.4) is 0 Å². The molecular formula is C19H17FINO3. The lowest BCUT2D eigenvalue weighted by molar-refractivity contribution is -0.156. The molecule has 1 aliphatic rings. The number of halogens is 2. The zero-order chi connectivity index (χ0) is 17.9. The molecule has 2 aromatic carbocycles. The molecule has 0 bridgehead atoms. The van der Waals surface area contributed by atoms with Crippen LogP contribution in [0.25, 0.3) is 0 Å². The van der Waals surface area contributed by atoms with E-state index in [0.29, 0.717) is 18.5 Å². The van der Waals surface area contributed by atoms with Crippen LogP contribution in [0.5, 0.6) is 0 Å². The van der Waals surface area contributed by atoms with Gasteiger partial charge in [-0.3, -0.25) is 9.59 Å². The van der Waals surface area contributed by atoms with Crippen molar-refractivity contribution < 1.29 is 18.7 Å². The second kappa shape index (κ2) is 7.51. The largest absolute Gasteiger partial charge is 0.455 e. The quantitative estimate of drug-likeness (QED) is 0.550. The van der Waals surface area contributed by atoms with Crippen molar-refractivity contribution in [3.05, 3.63) is 63.5 Å². The Hall–Kier alpha value is -1.96. The zero-order valence-electron chi connectivity index (χ0n) is 13.4. The van der Waals surface area contributed by atoms with Gasteiger partial charge in [0.25, 0.3) is 5.91 Å². The summed E-state index contributed by atoms with van der Waals surface area (Å²) < 4.78 is 19.3. The summed E-state index contributed by atoms with van der Waals surface area (Å²) in [5.74, 6) is -1.15. The first kappa shape index (κ1) is 17.8. The van der Waals surface area contributed by atoms with Gasteiger partial charge in [-0.05, 0) is 65.3 Å². The zero-order valence-corrected chi connectivity index (χ0v) is 15.6. The van der Waals surface area contributed by atoms with Gasteiger partial charge in [0, 0.05) is 3.57 Å². The molecule has 3 rings (SSSR count). The summed E-state index contributed by atoms with van der Waals surface area (Å²) in [6.45, 7) is -0.341. The van der Waals surface area contributed by atoms with Crippen molar-refractivity contribution in [3.8, 4) is 0 Å². The summed E-state index contributed by atoms with van der Waals surface area (Å²) in [4.78, 5) is 24.6. The fourth-order valence-corrected chi connectivity index (χ4v) is 3.45. The number of esters is 1. The fourth-order valence-electron chi connectivity index (χ4n) is 2.93. The maximum absolute atomic E-state index is 13.1. The van der Waals surface area contributed by atoms with Crippen LogP contribution in [0.15, 0.2) is 48.5 Å². The van der Waals surface area contributed by atoms with Gasteiger partial charge in [-0.25, -0.2) is 4.39 Å². The number of amides is 1. The molecule has 4 nitrogen and oxygen atoms in total. The van der Waals surface area contributed by atoms with Crippen LogP contribution in [0.1, 0.15) is 24.8 Å². The molecule has 1 saturated carbocycles. The minimum Gasteiger partial charge on any atom is -0.455 e. The van der Waals surface area contributed by atoms with Crippen LogP contribution in [-0.2, 0) is 19.7 Å². The van der Waals surface area contributed by atoms with Crippen LogP contribution in [0, 0.1) is 9.39 Å². The number of nitrogens with one attached hydrogen (secondary N) is 1. The van der Waals surface area contributed by atoms with Crippen molar-refractivity contribution in [1.82, 2.24) is 0 Å². The monoisotopic (exact) mass is 453 g/mol. The van der Waals surface area contributed by atoms with Gasteiger partial charge < -0.3 is 10.1 Å². The van der Waals surface area contributed by atoms with Crippen molar-refractivity contribution in [1.29, 1.82) is 0 Å². The van der Waals surface area contributed by atoms with Gasteiger partial charge >= 0.3 is 5.97 Å². The standard InChI is InChI=1S/C19H17FINO3/c20-14-8-6-13(7-9-14)19(10-3-11-19)18(24)25-12-17(23)22-16-5-2-1-4-15(16)21/h1-2,4-9H,3,10-12H2,(H,22,23). The van der Waals surface area contributed by atoms with Gasteiger partial charge in [0.05, 0.1) is 11.1 Å². The molecular weight excluding hydrogens is 436 g/mol. The maximum Gasteiger partial charge on any atom is 0.317 e. The molecule has 130 valence electrons. The highest BCUT2D eigenvalue weighted by Gasteiger charge is 2.47. The molecule has 25 heavy (non-hydrogen) atoms. The van der Waals surface area contributed by atoms with Gasteiger partial charge in [0.1, 0.15) is 5.82 Å². The van der Waals surface area contributed by atoms with E-state index in [1.54, 1.807) is 18.2 Å². The summed E-state index contributed by atoms with van der Waals surface area (Å²) >= 11 is 2.12. The second-order valence-electron chi connectivity index (χ2n) is 6.05. The molecule has 0 unspecified atom stereocenters. The summed E-state index contributed by atoms with van der Waals surface area (Å²) in [6, 6.07) is 13.3. The molecule has 1 N–H and O–H groups in total. The summed E-state index contributed by atoms with van der Waals surface area (Å²) in [6.07, 6.45) is 2.20. The number of carbonyl (C=O) groups excluding carboxylic acids is 2. The summed E-state index contributed by atoms with van der Waals surface area (Å²) in [5.41, 5.74) is 0.666. The predicted octanol–water partition coefficient (Wildman–Crippen LogP) is 4.03. The van der Waals surface area contributed by atoms with E-state index in [4.69, 9.17) is 4.74 Å². The van der Waals surface area contributed by atoms with E-state index < -0.39 is 11.4 Å². The topological polar surface area (TPSA) is 55.4 Å². The molecule has 1 aliphatic carbocycles. The van der Waals surface area contributed by atoms with Gasteiger partial charge in [-0.2, -0.15) is 0 Å². The van der Waals surface area contributed by atoms with Crippen molar-refractivity contribution in [2.45, 2.75) is 24.7 Å². The van der Waals surface area contributed by atoms with E-state index >= 15 is 0 Å². The van der Waals surface area contributed by atoms with Crippen molar-refractivity contribution in [2.75, 3.05) is 11.9 Å². The van der Waals surface area contributed by atoms with E-state index in [-0.39, 0.29) is 18.3 Å². The lowest BCUT2D eigenvalue weighted by atomic mass is 9.64. The minimum absolute atomic E-state index is 0.341. The molecule has 0 spiro atoms. The number of rotatable bonds is 5. The van der Waals surface area contributed by atoms with Crippen LogP contribution < -0.4 is 5.32 Å². The molecule has 1 amide bonds. The minimum atomic E-state index is -0.755. The molecule has 0 heterocycles. The highest BCUT2D eigenvalue weighted by molar-refractivity contribution is 14.1. The van der Waals surface area contributed by atoms with E-state index in [9.17, 15) is 14.0 Å². The van der Waals surface area contributed by atoms with Gasteiger partial charge in [-0.15, -0.1) is 0 Å². The number of carbonyl (C=O) groups is 2. The van der Waals surface area contributed by atoms with Crippen molar-refractivity contribution in [2.24, 2.45) is 0 Å². The predicted molar refractivity (Wildman–Crippen MR) is 101 cm³/mol. The molecule has 2 aromatic rings. The highest BCUT2D eigenvalue weighted by Crippen LogP contribution is 2.44. The molecule has 0 aromatic heterocycles. The Morgan fingerprint density at radius 2 is 1.80 bits per heavy atom. The van der Waals surface area contributed by atoms with Crippen LogP contribution in [0.2, 0.25) is 0 Å². The first-order valence-electron chi connectivity index (χ1n) is 7.99. The Kier molecular flexibility index (Phi) is 5.36. The Labute approximate surface area is 158 Å². The van der Waals surface area contributed by atoms with E-state index in [0.717, 1.165) is 15.6 Å². The number of anilines is 1. The molecule has 1 fully saturated rings. The van der Waals surface area contributed by atoms with Crippen LogP contribution in [0.4, 0.5) is 10.1 Å². The average molecular weight is 453 g/mol. The second-order valence-corrected chi connectivity index (χ2v) is 7.21. The van der Waals surface area contributed by atoms with Gasteiger partial charge in [0.2, 0.25) is 0 Å². The first-order chi connectivity index (χ1) is 12.0. The van der Waals surface area contributed by atoms with E-state index in [1.165, 1.54) is 12.1 Å². The maximum atomic E-state index is 13.1. The molecule has 6 heteroatoms. The third kappa shape index (κ3) is 3.84.